The Balaban J connectivity index is 1.62. The third-order valence-electron chi connectivity index (χ3n) is 8.36. The first kappa shape index (κ1) is 35.7. The van der Waals surface area contributed by atoms with Crippen LogP contribution in [-0.4, -0.2) is 72.4 Å². The summed E-state index contributed by atoms with van der Waals surface area (Å²) in [6.45, 7) is 11.8. The second-order valence-corrected chi connectivity index (χ2v) is 11.4. The molecule has 3 N–H and O–H groups in total. The maximum absolute atomic E-state index is 13.2. The maximum Gasteiger partial charge on any atom is 0.413 e. The molecule has 11 heteroatoms. The van der Waals surface area contributed by atoms with E-state index in [1.165, 1.54) is 11.1 Å². The molecule has 0 radical (unpaired) electrons. The van der Waals surface area contributed by atoms with Gasteiger partial charge in [0.05, 0.1) is 20.3 Å². The van der Waals surface area contributed by atoms with E-state index < -0.39 is 12.1 Å². The maximum atomic E-state index is 13.2. The first-order chi connectivity index (χ1) is 23.2. The van der Waals surface area contributed by atoms with Gasteiger partial charge in [-0.3, -0.25) is 4.79 Å². The molecule has 1 heterocycles. The van der Waals surface area contributed by atoms with Gasteiger partial charge in [0, 0.05) is 29.6 Å². The van der Waals surface area contributed by atoms with Crippen LogP contribution in [-0.2, 0) is 0 Å². The zero-order chi connectivity index (χ0) is 34.6. The van der Waals surface area contributed by atoms with Crippen molar-refractivity contribution in [1.29, 1.82) is 0 Å². The molecular formula is C37H46N6O5. The van der Waals surface area contributed by atoms with E-state index in [0.29, 0.717) is 34.9 Å². The lowest BCUT2D eigenvalue weighted by Crippen LogP contribution is -2.36. The fourth-order valence-electron chi connectivity index (χ4n) is 5.79. The molecule has 0 spiro atoms. The highest BCUT2D eigenvalue weighted by molar-refractivity contribution is 5.95. The second-order valence-electron chi connectivity index (χ2n) is 11.4. The van der Waals surface area contributed by atoms with E-state index in [0.717, 1.165) is 49.2 Å². The Morgan fingerprint density at radius 1 is 0.917 bits per heavy atom. The van der Waals surface area contributed by atoms with Crippen LogP contribution in [0.25, 0.3) is 0 Å². The summed E-state index contributed by atoms with van der Waals surface area (Å²) in [6, 6.07) is 18.9. The largest absolute Gasteiger partial charge is 0.497 e. The molecule has 3 aromatic carbocycles. The number of ether oxygens (including phenoxy) is 2. The number of nitrogens with zero attached hydrogens (tertiary/aromatic N) is 4. The minimum absolute atomic E-state index is 0.149. The first-order valence-corrected chi connectivity index (χ1v) is 16.2. The number of hydrogen-bond donors (Lipinski definition) is 3. The Morgan fingerprint density at radius 2 is 1.65 bits per heavy atom. The number of carboxylic acid groups (broad SMARTS) is 1. The van der Waals surface area contributed by atoms with Crippen LogP contribution >= 0.6 is 0 Å². The molecule has 0 aliphatic carbocycles. The van der Waals surface area contributed by atoms with Gasteiger partial charge < -0.3 is 30.1 Å². The molecule has 11 nitrogen and oxygen atoms in total. The molecule has 4 rings (SSSR count). The smallest absolute Gasteiger partial charge is 0.413 e. The van der Waals surface area contributed by atoms with Gasteiger partial charge in [0.1, 0.15) is 17.3 Å². The van der Waals surface area contributed by atoms with Crippen molar-refractivity contribution in [2.45, 2.75) is 46.6 Å². The van der Waals surface area contributed by atoms with Crippen molar-refractivity contribution in [3.63, 3.8) is 0 Å². The molecule has 0 aliphatic rings. The Labute approximate surface area is 282 Å². The number of methoxy groups -OCH3 is 2. The Hall–Kier alpha value is -5.16. The Morgan fingerprint density at radius 3 is 2.31 bits per heavy atom. The van der Waals surface area contributed by atoms with Gasteiger partial charge in [0.15, 0.2) is 0 Å². The average molecular weight is 655 g/mol. The number of nitrogens with one attached hydrogen (secondary N) is 2. The molecule has 0 fully saturated rings. The lowest BCUT2D eigenvalue weighted by Gasteiger charge is -2.32. The highest BCUT2D eigenvalue weighted by Gasteiger charge is 2.34. The van der Waals surface area contributed by atoms with Crippen molar-refractivity contribution in [2.24, 2.45) is 0 Å². The van der Waals surface area contributed by atoms with E-state index in [2.05, 4.69) is 39.3 Å². The third kappa shape index (κ3) is 8.80. The SMILES string of the molecule is CCN(CC)CCCCNC(=O)c1cccc(Nc2nccc(N(C(=O)O)C(c3cc(OC)ccc3OC)c3c(C)cccc3C)n2)c1. The predicted octanol–water partition coefficient (Wildman–Crippen LogP) is 6.98. The Bertz CT molecular complexity index is 1670. The molecule has 48 heavy (non-hydrogen) atoms. The van der Waals surface area contributed by atoms with E-state index in [1.807, 2.05) is 32.0 Å². The summed E-state index contributed by atoms with van der Waals surface area (Å²) in [5, 5.41) is 16.9. The number of benzene rings is 3. The van der Waals surface area contributed by atoms with Gasteiger partial charge in [-0.25, -0.2) is 14.7 Å². The number of rotatable bonds is 16. The lowest BCUT2D eigenvalue weighted by atomic mass is 9.89. The van der Waals surface area contributed by atoms with Gasteiger partial charge in [-0.15, -0.1) is 0 Å². The zero-order valence-electron chi connectivity index (χ0n) is 28.6. The van der Waals surface area contributed by atoms with Crippen molar-refractivity contribution in [2.75, 3.05) is 50.6 Å². The van der Waals surface area contributed by atoms with Gasteiger partial charge in [0.25, 0.3) is 5.91 Å². The number of anilines is 3. The lowest BCUT2D eigenvalue weighted by molar-refractivity contribution is 0.0952. The van der Waals surface area contributed by atoms with E-state index in [4.69, 9.17) is 9.47 Å². The summed E-state index contributed by atoms with van der Waals surface area (Å²) in [5.41, 5.74) is 4.28. The summed E-state index contributed by atoms with van der Waals surface area (Å²) < 4.78 is 11.2. The van der Waals surface area contributed by atoms with Crippen LogP contribution in [0.3, 0.4) is 0 Å². The molecule has 2 amide bonds. The van der Waals surface area contributed by atoms with Crippen LogP contribution in [0.5, 0.6) is 11.5 Å². The van der Waals surface area contributed by atoms with Gasteiger partial charge >= 0.3 is 6.09 Å². The minimum Gasteiger partial charge on any atom is -0.497 e. The van der Waals surface area contributed by atoms with Crippen LogP contribution in [0.4, 0.5) is 22.2 Å². The van der Waals surface area contributed by atoms with Crippen LogP contribution in [0.1, 0.15) is 65.3 Å². The fraction of sp³-hybridized carbons (Fsp3) is 0.351. The highest BCUT2D eigenvalue weighted by atomic mass is 16.5. The summed E-state index contributed by atoms with van der Waals surface area (Å²) in [7, 11) is 3.11. The zero-order valence-corrected chi connectivity index (χ0v) is 28.6. The van der Waals surface area contributed by atoms with Gasteiger partial charge in [0.2, 0.25) is 5.95 Å². The molecule has 1 unspecified atom stereocenters. The van der Waals surface area contributed by atoms with Crippen molar-refractivity contribution in [3.8, 4) is 11.5 Å². The van der Waals surface area contributed by atoms with E-state index in [-0.39, 0.29) is 17.7 Å². The first-order valence-electron chi connectivity index (χ1n) is 16.2. The molecule has 0 aliphatic heterocycles. The molecule has 0 saturated carbocycles. The predicted molar refractivity (Wildman–Crippen MR) is 189 cm³/mol. The van der Waals surface area contributed by atoms with Gasteiger partial charge in [-0.1, -0.05) is 38.1 Å². The van der Waals surface area contributed by atoms with Crippen molar-refractivity contribution in [1.82, 2.24) is 20.2 Å². The van der Waals surface area contributed by atoms with Crippen molar-refractivity contribution >= 4 is 29.5 Å². The quantitative estimate of drug-likeness (QED) is 0.110. The molecule has 0 bridgehead atoms. The number of aromatic nitrogens is 2. The van der Waals surface area contributed by atoms with Crippen molar-refractivity contribution < 1.29 is 24.2 Å². The third-order valence-corrected chi connectivity index (χ3v) is 8.36. The summed E-state index contributed by atoms with van der Waals surface area (Å²) in [5.74, 6) is 1.21. The number of hydrogen-bond acceptors (Lipinski definition) is 8. The number of aryl methyl sites for hydroxylation is 2. The van der Waals surface area contributed by atoms with Crippen LogP contribution in [0.15, 0.2) is 72.9 Å². The minimum atomic E-state index is -1.21. The Kier molecular flexibility index (Phi) is 12.7. The normalized spacial score (nSPS) is 11.6. The van der Waals surface area contributed by atoms with Gasteiger partial charge in [-0.2, -0.15) is 4.98 Å². The fourth-order valence-corrected chi connectivity index (χ4v) is 5.79. The topological polar surface area (TPSA) is 129 Å². The van der Waals surface area contributed by atoms with Crippen LogP contribution in [0.2, 0.25) is 0 Å². The number of unbranched alkanes of at least 4 members (excludes halogenated alkanes) is 1. The van der Waals surface area contributed by atoms with E-state index >= 15 is 0 Å². The number of carbonyl (C=O) groups is 2. The van der Waals surface area contributed by atoms with Crippen LogP contribution in [0, 0.1) is 13.8 Å². The summed E-state index contributed by atoms with van der Waals surface area (Å²) in [6.07, 6.45) is 2.19. The monoisotopic (exact) mass is 654 g/mol. The average Bonchev–Trinajstić information content (AvgIpc) is 3.09. The van der Waals surface area contributed by atoms with Gasteiger partial charge in [-0.05, 0) is 105 Å². The highest BCUT2D eigenvalue weighted by Crippen LogP contribution is 2.41. The summed E-state index contributed by atoms with van der Waals surface area (Å²) >= 11 is 0. The molecule has 254 valence electrons. The van der Waals surface area contributed by atoms with E-state index in [9.17, 15) is 14.7 Å². The molecule has 1 aromatic heterocycles. The molecule has 0 saturated heterocycles. The second kappa shape index (κ2) is 17.1. The standard InChI is InChI=1S/C37H46N6O5/c1-7-42(8-2)22-10-9-20-38-35(44)27-15-12-16-28(23-27)40-36-39-21-19-32(41-36)43(37(45)46)34(33-25(3)13-11-14-26(33)4)30-24-29(47-5)17-18-31(30)48-6/h11-19,21,23-24,34H,7-10,20,22H2,1-6H3,(H,38,44)(H,45,46)(H,39,40,41). The van der Waals surface area contributed by atoms with E-state index in [1.54, 1.807) is 62.8 Å². The molecule has 1 atom stereocenters. The van der Waals surface area contributed by atoms with Crippen molar-refractivity contribution in [3.05, 3.63) is 101 Å². The number of carbonyl (C=O) groups excluding carboxylic acids is 1. The molecule has 4 aromatic rings. The number of amides is 2. The molecular weight excluding hydrogens is 608 g/mol. The summed E-state index contributed by atoms with van der Waals surface area (Å²) in [4.78, 5) is 38.6. The van der Waals surface area contributed by atoms with Crippen LogP contribution < -0.4 is 25.0 Å².